The molecule has 0 aliphatic rings. The van der Waals surface area contributed by atoms with Gasteiger partial charge in [-0.25, -0.2) is 4.39 Å². The number of aliphatic hydroxyl groups excluding tert-OH is 1. The van der Waals surface area contributed by atoms with Crippen molar-refractivity contribution < 1.29 is 14.3 Å². The first-order valence-corrected chi connectivity index (χ1v) is 3.41. The van der Waals surface area contributed by atoms with Crippen LogP contribution in [0.2, 0.25) is 0 Å². The highest BCUT2D eigenvalue weighted by Crippen LogP contribution is 2.02. The quantitative estimate of drug-likeness (QED) is 0.650. The third-order valence-corrected chi connectivity index (χ3v) is 1.25. The van der Waals surface area contributed by atoms with Crippen LogP contribution in [0.15, 0.2) is 24.3 Å². The summed E-state index contributed by atoms with van der Waals surface area (Å²) in [5.41, 5.74) is 0.543. The van der Waals surface area contributed by atoms with Crippen LogP contribution in [0, 0.1) is 5.82 Å². The van der Waals surface area contributed by atoms with Crippen molar-refractivity contribution in [1.82, 2.24) is 0 Å². The Kier molecular flexibility index (Phi) is 4.88. The molecule has 0 radical (unpaired) electrons. The van der Waals surface area contributed by atoms with E-state index in [2.05, 4.69) is 0 Å². The number of ketones is 1. The lowest BCUT2D eigenvalue weighted by Gasteiger charge is -1.91. The van der Waals surface area contributed by atoms with Gasteiger partial charge < -0.3 is 5.11 Å². The van der Waals surface area contributed by atoms with E-state index < -0.39 is 0 Å². The second-order valence-electron chi connectivity index (χ2n) is 2.06. The molecular formula is C9H11FO2. The molecule has 0 bridgehead atoms. The van der Waals surface area contributed by atoms with Gasteiger partial charge in [-0.15, -0.1) is 0 Å². The van der Waals surface area contributed by atoms with E-state index in [4.69, 9.17) is 5.11 Å². The molecule has 0 spiro atoms. The summed E-state index contributed by atoms with van der Waals surface area (Å²) >= 11 is 0. The molecule has 0 saturated heterocycles. The molecule has 0 aromatic heterocycles. The molecule has 12 heavy (non-hydrogen) atoms. The molecule has 0 aliphatic heterocycles. The maximum Gasteiger partial charge on any atom is 0.159 e. The lowest BCUT2D eigenvalue weighted by Crippen LogP contribution is -1.90. The van der Waals surface area contributed by atoms with E-state index in [-0.39, 0.29) is 11.6 Å². The Morgan fingerprint density at radius 1 is 1.25 bits per heavy atom. The number of hydrogen-bond acceptors (Lipinski definition) is 2. The van der Waals surface area contributed by atoms with Crippen LogP contribution >= 0.6 is 0 Å². The van der Waals surface area contributed by atoms with Gasteiger partial charge in [0.2, 0.25) is 0 Å². The number of Topliss-reactive ketones (excluding diaryl/α,β-unsaturated/α-hetero) is 1. The zero-order valence-electron chi connectivity index (χ0n) is 7.04. The lowest BCUT2D eigenvalue weighted by atomic mass is 10.1. The molecule has 0 unspecified atom stereocenters. The highest BCUT2D eigenvalue weighted by atomic mass is 19.1. The molecule has 0 aliphatic carbocycles. The van der Waals surface area contributed by atoms with Gasteiger partial charge in [0.05, 0.1) is 0 Å². The fourth-order valence-electron chi connectivity index (χ4n) is 0.685. The van der Waals surface area contributed by atoms with Gasteiger partial charge in [0.15, 0.2) is 5.78 Å². The van der Waals surface area contributed by atoms with Crippen molar-refractivity contribution in [2.24, 2.45) is 0 Å². The van der Waals surface area contributed by atoms with Gasteiger partial charge in [0, 0.05) is 12.7 Å². The maximum absolute atomic E-state index is 12.2. The van der Waals surface area contributed by atoms with Crippen molar-refractivity contribution in [2.45, 2.75) is 6.92 Å². The number of carbonyl (C=O) groups is 1. The minimum atomic E-state index is -0.315. The second-order valence-corrected chi connectivity index (χ2v) is 2.06. The molecule has 1 rings (SSSR count). The summed E-state index contributed by atoms with van der Waals surface area (Å²) in [6.45, 7) is 1.45. The Hall–Kier alpha value is -1.22. The number of benzene rings is 1. The first-order valence-electron chi connectivity index (χ1n) is 3.41. The van der Waals surface area contributed by atoms with E-state index in [1.165, 1.54) is 31.2 Å². The average Bonchev–Trinajstić information content (AvgIpc) is 2.09. The van der Waals surface area contributed by atoms with Crippen LogP contribution in [0.25, 0.3) is 0 Å². The fourth-order valence-corrected chi connectivity index (χ4v) is 0.685. The van der Waals surface area contributed by atoms with Crippen molar-refractivity contribution in [3.63, 3.8) is 0 Å². The number of hydrogen-bond donors (Lipinski definition) is 1. The number of aliphatic hydroxyl groups is 1. The van der Waals surface area contributed by atoms with E-state index in [1.807, 2.05) is 0 Å². The van der Waals surface area contributed by atoms with E-state index in [0.717, 1.165) is 7.11 Å². The largest absolute Gasteiger partial charge is 0.400 e. The summed E-state index contributed by atoms with van der Waals surface area (Å²) in [7, 11) is 1.00. The van der Waals surface area contributed by atoms with Gasteiger partial charge in [0.1, 0.15) is 5.82 Å². The Morgan fingerprint density at radius 3 is 2.00 bits per heavy atom. The lowest BCUT2D eigenvalue weighted by molar-refractivity contribution is 0.101. The third-order valence-electron chi connectivity index (χ3n) is 1.25. The summed E-state index contributed by atoms with van der Waals surface area (Å²) in [6.07, 6.45) is 0. The van der Waals surface area contributed by atoms with E-state index >= 15 is 0 Å². The highest BCUT2D eigenvalue weighted by Gasteiger charge is 1.96. The Balaban J connectivity index is 0.000000561. The molecule has 3 heteroatoms. The molecular weight excluding hydrogens is 159 g/mol. The van der Waals surface area contributed by atoms with Crippen LogP contribution in [-0.4, -0.2) is 18.0 Å². The van der Waals surface area contributed by atoms with Crippen molar-refractivity contribution in [3.8, 4) is 0 Å². The van der Waals surface area contributed by atoms with Crippen LogP contribution in [0.4, 0.5) is 4.39 Å². The van der Waals surface area contributed by atoms with Crippen LogP contribution in [0.1, 0.15) is 17.3 Å². The zero-order chi connectivity index (χ0) is 9.56. The second kappa shape index (κ2) is 5.43. The van der Waals surface area contributed by atoms with Gasteiger partial charge in [-0.2, -0.15) is 0 Å². The molecule has 0 heterocycles. The normalized spacial score (nSPS) is 8.33. The molecule has 0 amide bonds. The summed E-state index contributed by atoms with van der Waals surface area (Å²) in [5.74, 6) is -0.356. The predicted molar refractivity (Wildman–Crippen MR) is 44.5 cm³/mol. The van der Waals surface area contributed by atoms with Crippen LogP contribution in [0.3, 0.4) is 0 Å². The number of halogens is 1. The van der Waals surface area contributed by atoms with Crippen LogP contribution in [0.5, 0.6) is 0 Å². The SMILES string of the molecule is CC(=O)c1ccc(F)cc1.CO. The minimum absolute atomic E-state index is 0.0417. The highest BCUT2D eigenvalue weighted by molar-refractivity contribution is 5.93. The van der Waals surface area contributed by atoms with Crippen LogP contribution in [-0.2, 0) is 0 Å². The summed E-state index contributed by atoms with van der Waals surface area (Å²) in [4.78, 5) is 10.6. The van der Waals surface area contributed by atoms with E-state index in [9.17, 15) is 9.18 Å². The fraction of sp³-hybridized carbons (Fsp3) is 0.222. The van der Waals surface area contributed by atoms with Gasteiger partial charge in [-0.1, -0.05) is 0 Å². The van der Waals surface area contributed by atoms with Crippen molar-refractivity contribution in [2.75, 3.05) is 7.11 Å². The van der Waals surface area contributed by atoms with E-state index in [1.54, 1.807) is 0 Å². The number of carbonyl (C=O) groups excluding carboxylic acids is 1. The molecule has 0 fully saturated rings. The molecule has 0 saturated carbocycles. The average molecular weight is 170 g/mol. The Bertz CT molecular complexity index is 241. The molecule has 1 aromatic carbocycles. The summed E-state index contributed by atoms with van der Waals surface area (Å²) < 4.78 is 12.2. The first-order chi connectivity index (χ1) is 5.70. The first kappa shape index (κ1) is 10.8. The van der Waals surface area contributed by atoms with E-state index in [0.29, 0.717) is 5.56 Å². The molecule has 1 aromatic rings. The van der Waals surface area contributed by atoms with Gasteiger partial charge >= 0.3 is 0 Å². The summed E-state index contributed by atoms with van der Waals surface area (Å²) in [6, 6.07) is 5.49. The summed E-state index contributed by atoms with van der Waals surface area (Å²) in [5, 5.41) is 7.00. The topological polar surface area (TPSA) is 37.3 Å². The van der Waals surface area contributed by atoms with Gasteiger partial charge in [-0.05, 0) is 31.2 Å². The molecule has 2 nitrogen and oxygen atoms in total. The monoisotopic (exact) mass is 170 g/mol. The molecule has 1 N–H and O–H groups in total. The Labute approximate surface area is 70.7 Å². The van der Waals surface area contributed by atoms with Crippen LogP contribution < -0.4 is 0 Å². The van der Waals surface area contributed by atoms with Crippen molar-refractivity contribution in [3.05, 3.63) is 35.6 Å². The van der Waals surface area contributed by atoms with Crippen molar-refractivity contribution in [1.29, 1.82) is 0 Å². The van der Waals surface area contributed by atoms with Gasteiger partial charge in [-0.3, -0.25) is 4.79 Å². The van der Waals surface area contributed by atoms with Crippen molar-refractivity contribution >= 4 is 5.78 Å². The maximum atomic E-state index is 12.2. The smallest absolute Gasteiger partial charge is 0.159 e. The Morgan fingerprint density at radius 2 is 1.67 bits per heavy atom. The zero-order valence-corrected chi connectivity index (χ0v) is 7.04. The number of rotatable bonds is 1. The third kappa shape index (κ3) is 3.25. The predicted octanol–water partition coefficient (Wildman–Crippen LogP) is 1.64. The van der Waals surface area contributed by atoms with Gasteiger partial charge in [0.25, 0.3) is 0 Å². The molecule has 66 valence electrons. The molecule has 0 atom stereocenters. The standard InChI is InChI=1S/C8H7FO.CH4O/c1-6(10)7-2-4-8(9)5-3-7;1-2/h2-5H,1H3;2H,1H3. The minimum Gasteiger partial charge on any atom is -0.400 e.